The Hall–Kier alpha value is -2.82. The number of carbonyl (C=O) groups is 1. The highest BCUT2D eigenvalue weighted by Crippen LogP contribution is 2.44. The molecule has 0 atom stereocenters. The summed E-state index contributed by atoms with van der Waals surface area (Å²) in [5, 5.41) is 3.06. The molecule has 2 aromatic carbocycles. The van der Waals surface area contributed by atoms with Crippen LogP contribution in [0.5, 0.6) is 5.75 Å². The number of benzene rings is 2. The predicted molar refractivity (Wildman–Crippen MR) is 92.3 cm³/mol. The van der Waals surface area contributed by atoms with Crippen molar-refractivity contribution in [2.45, 2.75) is 19.4 Å². The molecule has 0 unspecified atom stereocenters. The maximum Gasteiger partial charge on any atom is 0.249 e. The van der Waals surface area contributed by atoms with E-state index < -0.39 is 11.5 Å². The Morgan fingerprint density at radius 3 is 2.42 bits per heavy atom. The Morgan fingerprint density at radius 2 is 1.83 bits per heavy atom. The molecule has 4 nitrogen and oxygen atoms in total. The molecule has 1 aliphatic heterocycles. The second-order valence-corrected chi connectivity index (χ2v) is 6.19. The van der Waals surface area contributed by atoms with Crippen LogP contribution >= 0.6 is 0 Å². The molecule has 2 aromatic rings. The lowest BCUT2D eigenvalue weighted by Crippen LogP contribution is -2.41. The number of primary amides is 1. The Balaban J connectivity index is 2.33. The van der Waals surface area contributed by atoms with Crippen LogP contribution in [0, 0.1) is 5.82 Å². The van der Waals surface area contributed by atoms with Crippen LogP contribution < -0.4 is 15.8 Å². The maximum atomic E-state index is 13.3. The molecular formula is C19H19FN2O2. The Kier molecular flexibility index (Phi) is 3.79. The number of fused-ring (bicyclic) bond motifs is 1. The molecule has 0 bridgehead atoms. The van der Waals surface area contributed by atoms with Gasteiger partial charge in [-0.15, -0.1) is 0 Å². The van der Waals surface area contributed by atoms with E-state index in [1.807, 2.05) is 25.2 Å². The number of ether oxygens (including phenoxy) is 1. The minimum Gasteiger partial charge on any atom is -0.482 e. The number of nitrogens with two attached hydrogens (primary N) is 1. The van der Waals surface area contributed by atoms with Gasteiger partial charge < -0.3 is 15.8 Å². The third kappa shape index (κ3) is 2.62. The van der Waals surface area contributed by atoms with Gasteiger partial charge in [-0.3, -0.25) is 4.79 Å². The second-order valence-electron chi connectivity index (χ2n) is 6.19. The van der Waals surface area contributed by atoms with Gasteiger partial charge in [0.25, 0.3) is 0 Å². The van der Waals surface area contributed by atoms with E-state index in [0.717, 1.165) is 16.8 Å². The van der Waals surface area contributed by atoms with Crippen LogP contribution in [0.25, 0.3) is 5.57 Å². The molecule has 0 aliphatic carbocycles. The van der Waals surface area contributed by atoms with Gasteiger partial charge in [0.1, 0.15) is 17.2 Å². The van der Waals surface area contributed by atoms with E-state index in [9.17, 15) is 9.18 Å². The minimum atomic E-state index is -0.894. The Morgan fingerprint density at radius 1 is 1.17 bits per heavy atom. The molecule has 0 saturated heterocycles. The van der Waals surface area contributed by atoms with Crippen molar-refractivity contribution in [3.8, 4) is 5.75 Å². The normalized spacial score (nSPS) is 15.5. The lowest BCUT2D eigenvalue weighted by molar-refractivity contribution is -0.116. The lowest BCUT2D eigenvalue weighted by atomic mass is 9.82. The smallest absolute Gasteiger partial charge is 0.249 e. The van der Waals surface area contributed by atoms with Gasteiger partial charge in [0, 0.05) is 29.9 Å². The van der Waals surface area contributed by atoms with Gasteiger partial charge in [0.15, 0.2) is 0 Å². The van der Waals surface area contributed by atoms with Crippen molar-refractivity contribution in [1.82, 2.24) is 0 Å². The summed E-state index contributed by atoms with van der Waals surface area (Å²) in [5.41, 5.74) is 8.18. The number of hydrogen-bond acceptors (Lipinski definition) is 3. The summed E-state index contributed by atoms with van der Waals surface area (Å²) in [5.74, 6) is -0.240. The summed E-state index contributed by atoms with van der Waals surface area (Å²) in [6, 6.07) is 11.7. The van der Waals surface area contributed by atoms with Gasteiger partial charge >= 0.3 is 0 Å². The van der Waals surface area contributed by atoms with Crippen molar-refractivity contribution in [2.24, 2.45) is 5.73 Å². The summed E-state index contributed by atoms with van der Waals surface area (Å²) in [7, 11) is 1.82. The lowest BCUT2D eigenvalue weighted by Gasteiger charge is -2.36. The monoisotopic (exact) mass is 326 g/mol. The molecule has 0 radical (unpaired) electrons. The van der Waals surface area contributed by atoms with E-state index in [1.165, 1.54) is 12.1 Å². The highest BCUT2D eigenvalue weighted by Gasteiger charge is 2.38. The van der Waals surface area contributed by atoms with Gasteiger partial charge in [-0.1, -0.05) is 12.1 Å². The van der Waals surface area contributed by atoms with E-state index in [2.05, 4.69) is 5.32 Å². The Bertz CT molecular complexity index is 839. The molecule has 0 spiro atoms. The number of carbonyl (C=O) groups excluding carboxylic acids is 1. The highest BCUT2D eigenvalue weighted by atomic mass is 19.1. The number of amides is 1. The standard InChI is InChI=1S/C19H19FN2O2/c1-19(2)17(18(21)23)16(11-4-6-12(20)7-5-11)14-9-8-13(22-3)10-15(14)24-19/h4-10,22H,1-3H3,(H2,21,23). The second kappa shape index (κ2) is 5.67. The van der Waals surface area contributed by atoms with Crippen molar-refractivity contribution in [2.75, 3.05) is 12.4 Å². The molecule has 3 rings (SSSR count). The fourth-order valence-corrected chi connectivity index (χ4v) is 3.07. The van der Waals surface area contributed by atoms with Crippen molar-refractivity contribution in [3.05, 3.63) is 65.0 Å². The molecule has 24 heavy (non-hydrogen) atoms. The van der Waals surface area contributed by atoms with Gasteiger partial charge in [-0.2, -0.15) is 0 Å². The van der Waals surface area contributed by atoms with Crippen LogP contribution in [-0.2, 0) is 4.79 Å². The quantitative estimate of drug-likeness (QED) is 0.909. The first-order valence-electron chi connectivity index (χ1n) is 7.65. The van der Waals surface area contributed by atoms with E-state index in [-0.39, 0.29) is 5.82 Å². The molecule has 0 saturated carbocycles. The van der Waals surface area contributed by atoms with Crippen LogP contribution in [0.1, 0.15) is 25.0 Å². The van der Waals surface area contributed by atoms with E-state index in [0.29, 0.717) is 16.9 Å². The number of halogens is 1. The van der Waals surface area contributed by atoms with Crippen LogP contribution in [0.2, 0.25) is 0 Å². The zero-order valence-corrected chi connectivity index (χ0v) is 13.8. The average Bonchev–Trinajstić information content (AvgIpc) is 2.52. The zero-order valence-electron chi connectivity index (χ0n) is 13.8. The molecule has 3 N–H and O–H groups in total. The van der Waals surface area contributed by atoms with Gasteiger partial charge in [-0.05, 0) is 43.7 Å². The summed E-state index contributed by atoms with van der Waals surface area (Å²) in [4.78, 5) is 12.2. The van der Waals surface area contributed by atoms with Crippen molar-refractivity contribution < 1.29 is 13.9 Å². The summed E-state index contributed by atoms with van der Waals surface area (Å²) in [6.45, 7) is 3.59. The number of rotatable bonds is 3. The first-order valence-corrected chi connectivity index (χ1v) is 7.65. The van der Waals surface area contributed by atoms with E-state index >= 15 is 0 Å². The number of hydrogen-bond donors (Lipinski definition) is 2. The topological polar surface area (TPSA) is 64.3 Å². The molecule has 0 aromatic heterocycles. The first kappa shape index (κ1) is 16.1. The maximum absolute atomic E-state index is 13.3. The number of anilines is 1. The van der Waals surface area contributed by atoms with Crippen molar-refractivity contribution in [1.29, 1.82) is 0 Å². The zero-order chi connectivity index (χ0) is 17.5. The van der Waals surface area contributed by atoms with Crippen molar-refractivity contribution in [3.63, 3.8) is 0 Å². The molecule has 1 aliphatic rings. The molecule has 1 amide bonds. The van der Waals surface area contributed by atoms with E-state index in [4.69, 9.17) is 10.5 Å². The molecular weight excluding hydrogens is 307 g/mol. The summed E-state index contributed by atoms with van der Waals surface area (Å²) >= 11 is 0. The number of nitrogens with one attached hydrogen (secondary N) is 1. The van der Waals surface area contributed by atoms with Crippen LogP contribution in [0.3, 0.4) is 0 Å². The van der Waals surface area contributed by atoms with Crippen LogP contribution in [-0.4, -0.2) is 18.6 Å². The third-order valence-corrected chi connectivity index (χ3v) is 4.14. The largest absolute Gasteiger partial charge is 0.482 e. The summed E-state index contributed by atoms with van der Waals surface area (Å²) < 4.78 is 19.4. The fourth-order valence-electron chi connectivity index (χ4n) is 3.07. The van der Waals surface area contributed by atoms with Crippen molar-refractivity contribution >= 4 is 17.2 Å². The van der Waals surface area contributed by atoms with Gasteiger partial charge in [0.05, 0.1) is 5.57 Å². The predicted octanol–water partition coefficient (Wildman–Crippen LogP) is 3.33. The minimum absolute atomic E-state index is 0.336. The van der Waals surface area contributed by atoms with Crippen LogP contribution in [0.4, 0.5) is 10.1 Å². The van der Waals surface area contributed by atoms with E-state index in [1.54, 1.807) is 26.0 Å². The van der Waals surface area contributed by atoms with Crippen LogP contribution in [0.15, 0.2) is 48.0 Å². The molecule has 1 heterocycles. The molecule has 5 heteroatoms. The third-order valence-electron chi connectivity index (χ3n) is 4.14. The molecule has 0 fully saturated rings. The summed E-state index contributed by atoms with van der Waals surface area (Å²) in [6.07, 6.45) is 0. The highest BCUT2D eigenvalue weighted by molar-refractivity contribution is 6.07. The molecule has 124 valence electrons. The first-order chi connectivity index (χ1) is 11.3. The fraction of sp³-hybridized carbons (Fsp3) is 0.211. The average molecular weight is 326 g/mol. The van der Waals surface area contributed by atoms with Gasteiger partial charge in [-0.25, -0.2) is 4.39 Å². The SMILES string of the molecule is CNc1ccc2c(c1)OC(C)(C)C(C(N)=O)=C2c1ccc(F)cc1. The van der Waals surface area contributed by atoms with Gasteiger partial charge in [0.2, 0.25) is 5.91 Å². The Labute approximate surface area is 140 Å².